The zero-order valence-corrected chi connectivity index (χ0v) is 11.9. The first kappa shape index (κ1) is 16.4. The molecule has 1 atom stereocenters. The second-order valence-electron chi connectivity index (χ2n) is 2.36. The Hall–Kier alpha value is 1.02. The number of carbonyl (C=O) groups is 1. The van der Waals surface area contributed by atoms with Crippen molar-refractivity contribution in [3.63, 3.8) is 0 Å². The van der Waals surface area contributed by atoms with E-state index in [1.807, 2.05) is 0 Å². The molecule has 13 heavy (non-hydrogen) atoms. The van der Waals surface area contributed by atoms with Crippen LogP contribution in [0.5, 0.6) is 0 Å². The minimum absolute atomic E-state index is 0. The summed E-state index contributed by atoms with van der Waals surface area (Å²) in [6.45, 7) is 2.56. The SMILES string of the molecule is CCC(=O)OCC(C)S(=O)(=O)O.[K]. The Morgan fingerprint density at radius 3 is 2.31 bits per heavy atom. The molecule has 73 valence electrons. The largest absolute Gasteiger partial charge is 0.464 e. The van der Waals surface area contributed by atoms with Crippen molar-refractivity contribution < 1.29 is 22.5 Å². The third-order valence-electron chi connectivity index (χ3n) is 1.28. The van der Waals surface area contributed by atoms with Gasteiger partial charge in [0.1, 0.15) is 11.9 Å². The summed E-state index contributed by atoms with van der Waals surface area (Å²) < 4.78 is 33.7. The first-order chi connectivity index (χ1) is 5.38. The van der Waals surface area contributed by atoms with Gasteiger partial charge in [0.25, 0.3) is 10.1 Å². The maximum absolute atomic E-state index is 10.5. The summed E-state index contributed by atoms with van der Waals surface area (Å²) in [6.07, 6.45) is 0.193. The molecule has 0 fully saturated rings. The van der Waals surface area contributed by atoms with E-state index in [0.717, 1.165) is 0 Å². The molecule has 0 aliphatic carbocycles. The van der Waals surface area contributed by atoms with Crippen LogP contribution in [-0.4, -0.2) is 82.2 Å². The molecular weight excluding hydrogens is 223 g/mol. The standard InChI is InChI=1S/C6H12O5S.K/c1-3-6(7)11-4-5(2)12(8,9)10;/h5H,3-4H2,1-2H3,(H,8,9,10);. The van der Waals surface area contributed by atoms with E-state index in [2.05, 4.69) is 4.74 Å². The summed E-state index contributed by atoms with van der Waals surface area (Å²) in [5, 5.41) is -1.06. The predicted octanol–water partition coefficient (Wildman–Crippen LogP) is -0.165. The molecule has 1 radical (unpaired) electrons. The number of rotatable bonds is 4. The molecule has 0 aromatic rings. The van der Waals surface area contributed by atoms with Gasteiger partial charge >= 0.3 is 5.97 Å². The van der Waals surface area contributed by atoms with Crippen LogP contribution in [0.1, 0.15) is 20.3 Å². The Morgan fingerprint density at radius 2 is 2.00 bits per heavy atom. The topological polar surface area (TPSA) is 80.7 Å². The van der Waals surface area contributed by atoms with Crippen LogP contribution in [0.2, 0.25) is 0 Å². The summed E-state index contributed by atoms with van der Waals surface area (Å²) in [5.41, 5.74) is 0. The van der Waals surface area contributed by atoms with Crippen LogP contribution in [0, 0.1) is 0 Å². The number of carbonyl (C=O) groups excluding carboxylic acids is 1. The van der Waals surface area contributed by atoms with Crippen molar-refractivity contribution in [2.24, 2.45) is 0 Å². The van der Waals surface area contributed by atoms with E-state index in [1.165, 1.54) is 6.92 Å². The van der Waals surface area contributed by atoms with Crippen molar-refractivity contribution in [1.29, 1.82) is 0 Å². The molecule has 5 nitrogen and oxygen atoms in total. The van der Waals surface area contributed by atoms with E-state index in [4.69, 9.17) is 4.55 Å². The van der Waals surface area contributed by atoms with E-state index >= 15 is 0 Å². The number of hydrogen-bond donors (Lipinski definition) is 1. The summed E-state index contributed by atoms with van der Waals surface area (Å²) >= 11 is 0. The Balaban J connectivity index is 0. The predicted molar refractivity (Wildman–Crippen MR) is 48.0 cm³/mol. The Labute approximate surface area is 120 Å². The maximum atomic E-state index is 10.5. The van der Waals surface area contributed by atoms with Gasteiger partial charge < -0.3 is 4.74 Å². The number of esters is 1. The minimum atomic E-state index is -4.08. The fourth-order valence-corrected chi connectivity index (χ4v) is 0.638. The Kier molecular flexibility index (Phi) is 9.27. The molecule has 0 saturated heterocycles. The van der Waals surface area contributed by atoms with Gasteiger partial charge in [0.2, 0.25) is 0 Å². The normalized spacial score (nSPS) is 12.8. The van der Waals surface area contributed by atoms with Crippen LogP contribution in [0.3, 0.4) is 0 Å². The maximum Gasteiger partial charge on any atom is 0.305 e. The first-order valence-electron chi connectivity index (χ1n) is 3.49. The molecule has 0 rings (SSSR count). The van der Waals surface area contributed by atoms with Gasteiger partial charge in [-0.15, -0.1) is 0 Å². The van der Waals surface area contributed by atoms with Gasteiger partial charge in [-0.25, -0.2) is 0 Å². The molecular formula is C6H12KO5S. The van der Waals surface area contributed by atoms with E-state index < -0.39 is 21.3 Å². The van der Waals surface area contributed by atoms with Gasteiger partial charge in [0.15, 0.2) is 0 Å². The number of ether oxygens (including phenoxy) is 1. The van der Waals surface area contributed by atoms with Crippen molar-refractivity contribution in [1.82, 2.24) is 0 Å². The molecule has 0 aliphatic rings. The average Bonchev–Trinajstić information content (AvgIpc) is 1.97. The summed E-state index contributed by atoms with van der Waals surface area (Å²) in [7, 11) is -4.08. The fourth-order valence-electron chi connectivity index (χ4n) is 0.398. The van der Waals surface area contributed by atoms with Crippen LogP contribution >= 0.6 is 0 Å². The van der Waals surface area contributed by atoms with E-state index in [-0.39, 0.29) is 64.4 Å². The van der Waals surface area contributed by atoms with Gasteiger partial charge in [-0.1, -0.05) is 6.92 Å². The zero-order valence-electron chi connectivity index (χ0n) is 7.98. The monoisotopic (exact) mass is 235 g/mol. The third-order valence-corrected chi connectivity index (χ3v) is 2.43. The molecule has 0 amide bonds. The Morgan fingerprint density at radius 1 is 1.54 bits per heavy atom. The Bertz CT molecular complexity index is 248. The minimum Gasteiger partial charge on any atom is -0.464 e. The van der Waals surface area contributed by atoms with E-state index in [9.17, 15) is 13.2 Å². The van der Waals surface area contributed by atoms with E-state index in [0.29, 0.717) is 0 Å². The van der Waals surface area contributed by atoms with Gasteiger partial charge in [-0.3, -0.25) is 9.35 Å². The van der Waals surface area contributed by atoms with Gasteiger partial charge in [-0.05, 0) is 6.92 Å². The molecule has 0 heterocycles. The van der Waals surface area contributed by atoms with Crippen LogP contribution in [0.4, 0.5) is 0 Å². The second kappa shape index (κ2) is 7.33. The summed E-state index contributed by atoms with van der Waals surface area (Å²) in [6, 6.07) is 0. The van der Waals surface area contributed by atoms with Gasteiger partial charge in [-0.2, -0.15) is 8.42 Å². The molecule has 1 N–H and O–H groups in total. The molecule has 1 unspecified atom stereocenters. The molecule has 7 heteroatoms. The van der Waals surface area contributed by atoms with Gasteiger partial charge in [0, 0.05) is 57.8 Å². The van der Waals surface area contributed by atoms with Crippen molar-refractivity contribution >= 4 is 67.5 Å². The van der Waals surface area contributed by atoms with Crippen molar-refractivity contribution in [2.45, 2.75) is 25.5 Å². The van der Waals surface area contributed by atoms with Crippen LogP contribution in [-0.2, 0) is 19.6 Å². The zero-order chi connectivity index (χ0) is 9.78. The molecule has 0 saturated carbocycles. The molecule has 0 spiro atoms. The third kappa shape index (κ3) is 8.04. The van der Waals surface area contributed by atoms with Crippen LogP contribution < -0.4 is 0 Å². The number of hydrogen-bond acceptors (Lipinski definition) is 4. The van der Waals surface area contributed by atoms with Gasteiger partial charge in [0.05, 0.1) is 0 Å². The summed E-state index contributed by atoms with van der Waals surface area (Å²) in [4.78, 5) is 10.5. The quantitative estimate of drug-likeness (QED) is 0.416. The smallest absolute Gasteiger partial charge is 0.305 e. The second-order valence-corrected chi connectivity index (χ2v) is 4.20. The van der Waals surface area contributed by atoms with E-state index in [1.54, 1.807) is 6.92 Å². The molecule has 0 aromatic carbocycles. The van der Waals surface area contributed by atoms with Crippen LogP contribution in [0.25, 0.3) is 0 Å². The average molecular weight is 235 g/mol. The van der Waals surface area contributed by atoms with Crippen LogP contribution in [0.15, 0.2) is 0 Å². The molecule has 0 aromatic heterocycles. The molecule has 0 aliphatic heterocycles. The van der Waals surface area contributed by atoms with Crippen molar-refractivity contribution in [2.75, 3.05) is 6.61 Å². The fraction of sp³-hybridized carbons (Fsp3) is 0.833. The first-order valence-corrected chi connectivity index (χ1v) is 5.00. The summed E-state index contributed by atoms with van der Waals surface area (Å²) in [5.74, 6) is -0.481. The van der Waals surface area contributed by atoms with Crippen molar-refractivity contribution in [3.8, 4) is 0 Å². The van der Waals surface area contributed by atoms with Crippen molar-refractivity contribution in [3.05, 3.63) is 0 Å². The molecule has 0 bridgehead atoms.